The second-order valence-corrected chi connectivity index (χ2v) is 3.13. The van der Waals surface area contributed by atoms with Crippen LogP contribution in [-0.2, 0) is 0 Å². The minimum Gasteiger partial charge on any atom is -0.508 e. The number of hydrogen-bond donors (Lipinski definition) is 3. The quantitative estimate of drug-likeness (QED) is 0.644. The molecular formula is C13H15NO2. The molecule has 2 aromatic carbocycles. The van der Waals surface area contributed by atoms with E-state index < -0.39 is 0 Å². The van der Waals surface area contributed by atoms with Gasteiger partial charge in [-0.05, 0) is 36.4 Å². The second-order valence-electron chi connectivity index (χ2n) is 3.13. The molecule has 3 heteroatoms. The number of aromatic hydroxyl groups is 2. The number of phenols is 2. The van der Waals surface area contributed by atoms with E-state index in [4.69, 9.17) is 10.2 Å². The minimum atomic E-state index is 0.300. The Morgan fingerprint density at radius 2 is 1.25 bits per heavy atom. The number of para-hydroxylation sites is 1. The summed E-state index contributed by atoms with van der Waals surface area (Å²) >= 11 is 0. The molecule has 0 radical (unpaired) electrons. The van der Waals surface area contributed by atoms with Gasteiger partial charge in [-0.3, -0.25) is 0 Å². The van der Waals surface area contributed by atoms with Crippen molar-refractivity contribution < 1.29 is 10.2 Å². The van der Waals surface area contributed by atoms with E-state index in [9.17, 15) is 0 Å². The van der Waals surface area contributed by atoms with Crippen molar-refractivity contribution in [2.45, 2.75) is 0 Å². The Balaban J connectivity index is 0.000000165. The Morgan fingerprint density at radius 1 is 0.750 bits per heavy atom. The van der Waals surface area contributed by atoms with Gasteiger partial charge in [0, 0.05) is 12.7 Å². The average Bonchev–Trinajstić information content (AvgIpc) is 2.32. The van der Waals surface area contributed by atoms with E-state index in [1.165, 1.54) is 0 Å². The summed E-state index contributed by atoms with van der Waals surface area (Å²) in [6.07, 6.45) is 0. The Morgan fingerprint density at radius 3 is 1.62 bits per heavy atom. The van der Waals surface area contributed by atoms with Crippen LogP contribution in [0, 0.1) is 0 Å². The molecule has 16 heavy (non-hydrogen) atoms. The van der Waals surface area contributed by atoms with E-state index in [-0.39, 0.29) is 0 Å². The summed E-state index contributed by atoms with van der Waals surface area (Å²) in [5.41, 5.74) is 1.01. The molecule has 3 N–H and O–H groups in total. The molecule has 0 bridgehead atoms. The van der Waals surface area contributed by atoms with Crippen LogP contribution in [0.4, 0.5) is 5.69 Å². The second kappa shape index (κ2) is 6.35. The third kappa shape index (κ3) is 4.37. The molecule has 0 amide bonds. The molecule has 84 valence electrons. The fourth-order valence-corrected chi connectivity index (χ4v) is 1.06. The van der Waals surface area contributed by atoms with Gasteiger partial charge in [-0.2, -0.15) is 0 Å². The largest absolute Gasteiger partial charge is 0.508 e. The highest BCUT2D eigenvalue weighted by molar-refractivity contribution is 5.45. The molecule has 0 aliphatic rings. The molecule has 0 spiro atoms. The van der Waals surface area contributed by atoms with Crippen molar-refractivity contribution in [2.24, 2.45) is 0 Å². The maximum atomic E-state index is 8.82. The van der Waals surface area contributed by atoms with Crippen molar-refractivity contribution in [1.82, 2.24) is 0 Å². The molecule has 0 aliphatic carbocycles. The molecule has 2 aromatic rings. The molecule has 0 aromatic heterocycles. The predicted octanol–water partition coefficient (Wildman–Crippen LogP) is 2.83. The van der Waals surface area contributed by atoms with Crippen LogP contribution in [0.3, 0.4) is 0 Å². The topological polar surface area (TPSA) is 52.5 Å². The predicted molar refractivity (Wildman–Crippen MR) is 65.8 cm³/mol. The molecule has 3 nitrogen and oxygen atoms in total. The first-order chi connectivity index (χ1) is 7.72. The molecule has 0 aliphatic heterocycles. The van der Waals surface area contributed by atoms with Gasteiger partial charge in [0.2, 0.25) is 0 Å². The Labute approximate surface area is 95.0 Å². The maximum absolute atomic E-state index is 8.82. The van der Waals surface area contributed by atoms with Crippen LogP contribution in [0.25, 0.3) is 0 Å². The Kier molecular flexibility index (Phi) is 4.73. The number of nitrogens with one attached hydrogen (secondary N) is 1. The van der Waals surface area contributed by atoms with Gasteiger partial charge in [0.05, 0.1) is 0 Å². The molecule has 0 saturated carbocycles. The number of benzene rings is 2. The van der Waals surface area contributed by atoms with E-state index in [0.717, 1.165) is 5.69 Å². The van der Waals surface area contributed by atoms with Gasteiger partial charge in [0.1, 0.15) is 11.5 Å². The van der Waals surface area contributed by atoms with E-state index in [1.54, 1.807) is 36.4 Å². The minimum absolute atomic E-state index is 0.300. The van der Waals surface area contributed by atoms with E-state index in [2.05, 4.69) is 5.32 Å². The summed E-state index contributed by atoms with van der Waals surface area (Å²) in [4.78, 5) is 0. The summed E-state index contributed by atoms with van der Waals surface area (Å²) < 4.78 is 0. The van der Waals surface area contributed by atoms with Crippen molar-refractivity contribution in [3.05, 3.63) is 54.6 Å². The molecule has 0 atom stereocenters. The molecule has 2 rings (SSSR count). The van der Waals surface area contributed by atoms with Gasteiger partial charge in [0.15, 0.2) is 0 Å². The first-order valence-corrected chi connectivity index (χ1v) is 4.93. The fourth-order valence-electron chi connectivity index (χ4n) is 1.06. The fraction of sp³-hybridized carbons (Fsp3) is 0.0769. The number of hydrogen-bond acceptors (Lipinski definition) is 3. The zero-order valence-electron chi connectivity index (χ0n) is 9.09. The molecule has 0 unspecified atom stereocenters. The van der Waals surface area contributed by atoms with Gasteiger partial charge in [-0.15, -0.1) is 0 Å². The van der Waals surface area contributed by atoms with Crippen LogP contribution in [0.5, 0.6) is 11.5 Å². The van der Waals surface area contributed by atoms with Crippen LogP contribution in [0.15, 0.2) is 54.6 Å². The zero-order chi connectivity index (χ0) is 11.8. The Bertz CT molecular complexity index is 398. The van der Waals surface area contributed by atoms with Gasteiger partial charge in [-0.1, -0.05) is 18.2 Å². The summed E-state index contributed by atoms with van der Waals surface area (Å²) in [5.74, 6) is 0.622. The van der Waals surface area contributed by atoms with Crippen LogP contribution >= 0.6 is 0 Å². The lowest BCUT2D eigenvalue weighted by Gasteiger charge is -1.96. The average molecular weight is 217 g/mol. The van der Waals surface area contributed by atoms with Crippen LogP contribution in [0.1, 0.15) is 0 Å². The normalized spacial score (nSPS) is 8.81. The molecule has 0 saturated heterocycles. The third-order valence-electron chi connectivity index (χ3n) is 1.91. The smallest absolute Gasteiger partial charge is 0.115 e. The first-order valence-electron chi connectivity index (χ1n) is 4.93. The van der Waals surface area contributed by atoms with Crippen molar-refractivity contribution >= 4 is 5.69 Å². The number of anilines is 1. The van der Waals surface area contributed by atoms with E-state index in [1.807, 2.05) is 25.2 Å². The third-order valence-corrected chi connectivity index (χ3v) is 1.91. The summed E-state index contributed by atoms with van der Waals surface area (Å²) in [6, 6.07) is 15.6. The zero-order valence-corrected chi connectivity index (χ0v) is 9.09. The first kappa shape index (κ1) is 11.9. The van der Waals surface area contributed by atoms with Crippen molar-refractivity contribution in [3.63, 3.8) is 0 Å². The Hall–Kier alpha value is -2.16. The van der Waals surface area contributed by atoms with Gasteiger partial charge < -0.3 is 15.5 Å². The van der Waals surface area contributed by atoms with Gasteiger partial charge in [-0.25, -0.2) is 0 Å². The van der Waals surface area contributed by atoms with Crippen LogP contribution < -0.4 is 5.32 Å². The standard InChI is InChI=1S/C7H9NO.C6H6O/c1-8-6-2-4-7(9)5-3-6;7-6-4-2-1-3-5-6/h2-5,8-9H,1H3;1-5,7H. The van der Waals surface area contributed by atoms with Crippen molar-refractivity contribution in [1.29, 1.82) is 0 Å². The van der Waals surface area contributed by atoms with Gasteiger partial charge in [0.25, 0.3) is 0 Å². The molecule has 0 heterocycles. The van der Waals surface area contributed by atoms with Crippen LogP contribution in [-0.4, -0.2) is 17.3 Å². The highest BCUT2D eigenvalue weighted by atomic mass is 16.3. The lowest BCUT2D eigenvalue weighted by molar-refractivity contribution is 0.475. The maximum Gasteiger partial charge on any atom is 0.115 e. The number of phenolic OH excluding ortho intramolecular Hbond substituents is 2. The highest BCUT2D eigenvalue weighted by Crippen LogP contribution is 2.12. The van der Waals surface area contributed by atoms with Gasteiger partial charge >= 0.3 is 0 Å². The van der Waals surface area contributed by atoms with E-state index >= 15 is 0 Å². The van der Waals surface area contributed by atoms with E-state index in [0.29, 0.717) is 11.5 Å². The lowest BCUT2D eigenvalue weighted by atomic mass is 10.3. The molecule has 0 fully saturated rings. The SMILES string of the molecule is CNc1ccc(O)cc1.Oc1ccccc1. The van der Waals surface area contributed by atoms with Crippen molar-refractivity contribution in [2.75, 3.05) is 12.4 Å². The number of rotatable bonds is 1. The van der Waals surface area contributed by atoms with Crippen LogP contribution in [0.2, 0.25) is 0 Å². The summed E-state index contributed by atoms with van der Waals surface area (Å²) in [5, 5.41) is 20.4. The summed E-state index contributed by atoms with van der Waals surface area (Å²) in [6.45, 7) is 0. The lowest BCUT2D eigenvalue weighted by Crippen LogP contribution is -1.84. The summed E-state index contributed by atoms with van der Waals surface area (Å²) in [7, 11) is 1.84. The van der Waals surface area contributed by atoms with Crippen molar-refractivity contribution in [3.8, 4) is 11.5 Å². The monoisotopic (exact) mass is 217 g/mol. The highest BCUT2D eigenvalue weighted by Gasteiger charge is 1.85. The molecular weight excluding hydrogens is 202 g/mol.